The van der Waals surface area contributed by atoms with Crippen molar-refractivity contribution in [2.24, 2.45) is 11.5 Å². The summed E-state index contributed by atoms with van der Waals surface area (Å²) in [6.45, 7) is -2.56. The molecule has 1 aromatic rings. The van der Waals surface area contributed by atoms with E-state index in [1.54, 1.807) is 12.1 Å². The van der Waals surface area contributed by atoms with Crippen molar-refractivity contribution >= 4 is 24.8 Å². The first-order valence-electron chi connectivity index (χ1n) is 4.14. The highest BCUT2D eigenvalue weighted by Crippen LogP contribution is 2.18. The van der Waals surface area contributed by atoms with Crippen LogP contribution in [0.15, 0.2) is 24.3 Å². The lowest BCUT2D eigenvalue weighted by Crippen LogP contribution is -2.20. The van der Waals surface area contributed by atoms with Gasteiger partial charge in [0, 0.05) is 12.6 Å². The number of nitrogens with two attached hydrogens (primary N) is 2. The molecule has 0 amide bonds. The third-order valence-corrected chi connectivity index (χ3v) is 1.77. The Labute approximate surface area is 105 Å². The van der Waals surface area contributed by atoms with Crippen molar-refractivity contribution in [3.05, 3.63) is 29.8 Å². The van der Waals surface area contributed by atoms with Gasteiger partial charge in [-0.1, -0.05) is 12.1 Å². The fraction of sp³-hybridized carbons (Fsp3) is 0.333. The molecule has 0 aliphatic rings. The molecule has 94 valence electrons. The minimum absolute atomic E-state index is 0. The predicted octanol–water partition coefficient (Wildman–Crippen LogP) is 2.09. The van der Waals surface area contributed by atoms with E-state index in [4.69, 9.17) is 11.5 Å². The maximum Gasteiger partial charge on any atom is 0.387 e. The molecule has 0 aromatic heterocycles. The third kappa shape index (κ3) is 5.46. The summed E-state index contributed by atoms with van der Waals surface area (Å²) in [5.41, 5.74) is 11.7. The molecule has 1 atom stereocenters. The van der Waals surface area contributed by atoms with Crippen LogP contribution in [0.1, 0.15) is 11.6 Å². The van der Waals surface area contributed by atoms with Gasteiger partial charge in [0.1, 0.15) is 5.75 Å². The summed E-state index contributed by atoms with van der Waals surface area (Å²) in [4.78, 5) is 0. The second-order valence-electron chi connectivity index (χ2n) is 2.79. The summed E-state index contributed by atoms with van der Waals surface area (Å²) in [6.07, 6.45) is 0. The fourth-order valence-electron chi connectivity index (χ4n) is 1.06. The maximum absolute atomic E-state index is 11.9. The van der Waals surface area contributed by atoms with Crippen molar-refractivity contribution in [1.29, 1.82) is 0 Å². The lowest BCUT2D eigenvalue weighted by molar-refractivity contribution is -0.0498. The summed E-state index contributed by atoms with van der Waals surface area (Å²) < 4.78 is 27.9. The van der Waals surface area contributed by atoms with E-state index in [1.165, 1.54) is 12.1 Å². The van der Waals surface area contributed by atoms with Crippen molar-refractivity contribution in [3.8, 4) is 5.75 Å². The maximum atomic E-state index is 11.9. The van der Waals surface area contributed by atoms with Crippen LogP contribution in [-0.2, 0) is 0 Å². The van der Waals surface area contributed by atoms with Crippen molar-refractivity contribution in [2.45, 2.75) is 12.7 Å². The normalized spacial score (nSPS) is 11.3. The Hall–Kier alpha value is -0.620. The number of hydrogen-bond donors (Lipinski definition) is 2. The summed E-state index contributed by atoms with van der Waals surface area (Å²) in [5, 5.41) is 0. The second-order valence-corrected chi connectivity index (χ2v) is 2.79. The van der Waals surface area contributed by atoms with Crippen LogP contribution in [0.3, 0.4) is 0 Å². The number of ether oxygens (including phenoxy) is 1. The van der Waals surface area contributed by atoms with Crippen LogP contribution >= 0.6 is 24.8 Å². The summed E-state index contributed by atoms with van der Waals surface area (Å²) in [7, 11) is 0. The largest absolute Gasteiger partial charge is 0.435 e. The second kappa shape index (κ2) is 8.52. The molecule has 7 heteroatoms. The van der Waals surface area contributed by atoms with E-state index in [2.05, 4.69) is 4.74 Å². The molecule has 0 saturated heterocycles. The minimum atomic E-state index is -2.82. The minimum Gasteiger partial charge on any atom is -0.435 e. The van der Waals surface area contributed by atoms with E-state index in [1.807, 2.05) is 0 Å². The molecule has 0 saturated carbocycles. The van der Waals surface area contributed by atoms with Gasteiger partial charge in [-0.15, -0.1) is 24.8 Å². The van der Waals surface area contributed by atoms with Crippen LogP contribution < -0.4 is 16.2 Å². The number of benzene rings is 1. The van der Waals surface area contributed by atoms with E-state index in [0.717, 1.165) is 0 Å². The molecule has 0 spiro atoms. The van der Waals surface area contributed by atoms with Crippen LogP contribution in [0.25, 0.3) is 0 Å². The Morgan fingerprint density at radius 2 is 1.88 bits per heavy atom. The topological polar surface area (TPSA) is 61.3 Å². The van der Waals surface area contributed by atoms with Gasteiger partial charge in [-0.3, -0.25) is 0 Å². The predicted molar refractivity (Wildman–Crippen MR) is 63.6 cm³/mol. The SMILES string of the molecule is Cl.Cl.NCC(N)c1cccc(OC(F)F)c1. The Morgan fingerprint density at radius 3 is 2.38 bits per heavy atom. The van der Waals surface area contributed by atoms with Gasteiger partial charge in [-0.05, 0) is 17.7 Å². The molecule has 0 aliphatic carbocycles. The van der Waals surface area contributed by atoms with Gasteiger partial charge < -0.3 is 16.2 Å². The Kier molecular flexibility index (Phi) is 9.46. The van der Waals surface area contributed by atoms with Gasteiger partial charge in [-0.2, -0.15) is 8.78 Å². The zero-order valence-corrected chi connectivity index (χ0v) is 9.94. The summed E-state index contributed by atoms with van der Waals surface area (Å²) >= 11 is 0. The van der Waals surface area contributed by atoms with E-state index >= 15 is 0 Å². The molecule has 0 fully saturated rings. The van der Waals surface area contributed by atoms with Crippen LogP contribution in [0.4, 0.5) is 8.78 Å². The highest BCUT2D eigenvalue weighted by Gasteiger charge is 2.07. The third-order valence-electron chi connectivity index (χ3n) is 1.77. The average Bonchev–Trinajstić information content (AvgIpc) is 2.16. The van der Waals surface area contributed by atoms with E-state index in [-0.39, 0.29) is 43.2 Å². The number of alkyl halides is 2. The van der Waals surface area contributed by atoms with Crippen molar-refractivity contribution < 1.29 is 13.5 Å². The van der Waals surface area contributed by atoms with E-state index in [0.29, 0.717) is 5.56 Å². The number of hydrogen-bond acceptors (Lipinski definition) is 3. The highest BCUT2D eigenvalue weighted by molar-refractivity contribution is 5.85. The molecule has 0 bridgehead atoms. The first-order valence-corrected chi connectivity index (χ1v) is 4.14. The van der Waals surface area contributed by atoms with Gasteiger partial charge in [0.2, 0.25) is 0 Å². The fourth-order valence-corrected chi connectivity index (χ4v) is 1.06. The number of halogens is 4. The smallest absolute Gasteiger partial charge is 0.387 e. The van der Waals surface area contributed by atoms with Crippen molar-refractivity contribution in [2.75, 3.05) is 6.54 Å². The first-order chi connectivity index (χ1) is 6.63. The average molecular weight is 275 g/mol. The summed E-state index contributed by atoms with van der Waals surface area (Å²) in [6, 6.07) is 5.87. The lowest BCUT2D eigenvalue weighted by Gasteiger charge is -2.11. The molecular weight excluding hydrogens is 261 g/mol. The molecule has 0 heterocycles. The Bertz CT molecular complexity index is 303. The van der Waals surface area contributed by atoms with Gasteiger partial charge >= 0.3 is 6.61 Å². The lowest BCUT2D eigenvalue weighted by atomic mass is 10.1. The molecule has 0 aliphatic heterocycles. The van der Waals surface area contributed by atoms with Gasteiger partial charge in [-0.25, -0.2) is 0 Å². The van der Waals surface area contributed by atoms with Crippen LogP contribution in [0, 0.1) is 0 Å². The molecule has 16 heavy (non-hydrogen) atoms. The van der Waals surface area contributed by atoms with Crippen molar-refractivity contribution in [3.63, 3.8) is 0 Å². The number of rotatable bonds is 4. The monoisotopic (exact) mass is 274 g/mol. The quantitative estimate of drug-likeness (QED) is 0.884. The zero-order chi connectivity index (χ0) is 10.6. The standard InChI is InChI=1S/C9H12F2N2O.2ClH/c10-9(11)14-7-3-1-2-6(4-7)8(13)5-12;;/h1-4,8-9H,5,12-13H2;2*1H. The molecule has 0 radical (unpaired) electrons. The molecule has 4 N–H and O–H groups in total. The van der Waals surface area contributed by atoms with E-state index in [9.17, 15) is 8.78 Å². The zero-order valence-electron chi connectivity index (χ0n) is 8.31. The molecule has 1 rings (SSSR count). The molecule has 1 aromatic carbocycles. The molecule has 3 nitrogen and oxygen atoms in total. The van der Waals surface area contributed by atoms with Crippen LogP contribution in [0.5, 0.6) is 5.75 Å². The first kappa shape index (κ1) is 17.8. The highest BCUT2D eigenvalue weighted by atomic mass is 35.5. The summed E-state index contributed by atoms with van der Waals surface area (Å²) in [5.74, 6) is 0.0985. The van der Waals surface area contributed by atoms with Crippen LogP contribution in [0.2, 0.25) is 0 Å². The molecule has 1 unspecified atom stereocenters. The molecular formula is C9H14Cl2F2N2O. The Morgan fingerprint density at radius 1 is 1.25 bits per heavy atom. The Balaban J connectivity index is 0. The van der Waals surface area contributed by atoms with Crippen molar-refractivity contribution in [1.82, 2.24) is 0 Å². The van der Waals surface area contributed by atoms with Gasteiger partial charge in [0.15, 0.2) is 0 Å². The van der Waals surface area contributed by atoms with Crippen LogP contribution in [-0.4, -0.2) is 13.2 Å². The van der Waals surface area contributed by atoms with Gasteiger partial charge in [0.05, 0.1) is 0 Å². The van der Waals surface area contributed by atoms with E-state index < -0.39 is 6.61 Å². The van der Waals surface area contributed by atoms with Gasteiger partial charge in [0.25, 0.3) is 0 Å².